The quantitative estimate of drug-likeness (QED) is 0.603. The average Bonchev–Trinajstić information content (AvgIpc) is 3.05. The van der Waals surface area contributed by atoms with E-state index in [1.165, 1.54) is 4.90 Å². The number of hydrogen-bond donors (Lipinski definition) is 3. The van der Waals surface area contributed by atoms with Crippen LogP contribution in [0.25, 0.3) is 0 Å². The zero-order valence-electron chi connectivity index (χ0n) is 16.7. The van der Waals surface area contributed by atoms with Gasteiger partial charge >= 0.3 is 12.1 Å². The number of aliphatic carboxylic acids is 1. The van der Waals surface area contributed by atoms with Crippen molar-refractivity contribution in [2.45, 2.75) is 71.6 Å². The Hall–Kier alpha value is -2.32. The third-order valence-electron chi connectivity index (χ3n) is 4.39. The molecule has 0 spiro atoms. The van der Waals surface area contributed by atoms with Gasteiger partial charge in [-0.1, -0.05) is 20.3 Å². The minimum absolute atomic E-state index is 0.195. The van der Waals surface area contributed by atoms with Gasteiger partial charge in [0.1, 0.15) is 24.2 Å². The Morgan fingerprint density at radius 1 is 1.26 bits per heavy atom. The molecule has 1 aliphatic rings. The molecule has 0 aromatic carbocycles. The summed E-state index contributed by atoms with van der Waals surface area (Å²) in [4.78, 5) is 49.4. The maximum Gasteiger partial charge on any atom is 0.410 e. The summed E-state index contributed by atoms with van der Waals surface area (Å²) in [5.74, 6) is -2.35. The Labute approximate surface area is 159 Å². The molecule has 1 fully saturated rings. The van der Waals surface area contributed by atoms with Crippen LogP contribution < -0.4 is 10.6 Å². The second-order valence-electron chi connectivity index (χ2n) is 7.82. The molecule has 3 N–H and O–H groups in total. The first-order valence-corrected chi connectivity index (χ1v) is 9.25. The molecule has 0 aromatic heterocycles. The standard InChI is InChI=1S/C18H31N3O6/c1-6-11(2)14(16(25)19-10-13(22)23)20-15(24)12-8-7-9-21(12)17(26)27-18(3,4)5/h11-12,14H,6-10H2,1-5H3,(H,19,25)(H,20,24)(H,22,23). The van der Waals surface area contributed by atoms with Crippen LogP contribution in [0.4, 0.5) is 4.79 Å². The highest BCUT2D eigenvalue weighted by Crippen LogP contribution is 2.21. The van der Waals surface area contributed by atoms with Crippen molar-refractivity contribution in [1.29, 1.82) is 0 Å². The number of likely N-dealkylation sites (tertiary alicyclic amines) is 1. The van der Waals surface area contributed by atoms with Crippen molar-refractivity contribution in [1.82, 2.24) is 15.5 Å². The van der Waals surface area contributed by atoms with E-state index in [4.69, 9.17) is 9.84 Å². The largest absolute Gasteiger partial charge is 0.480 e. The predicted octanol–water partition coefficient (Wildman–Crippen LogP) is 1.12. The molecule has 1 rings (SSSR count). The summed E-state index contributed by atoms with van der Waals surface area (Å²) < 4.78 is 5.35. The second-order valence-corrected chi connectivity index (χ2v) is 7.82. The van der Waals surface area contributed by atoms with Gasteiger partial charge in [0.15, 0.2) is 0 Å². The Morgan fingerprint density at radius 2 is 1.89 bits per heavy atom. The summed E-state index contributed by atoms with van der Waals surface area (Å²) in [6.45, 7) is 8.81. The molecule has 3 atom stereocenters. The second kappa shape index (κ2) is 9.57. The maximum atomic E-state index is 12.7. The van der Waals surface area contributed by atoms with Gasteiger partial charge in [-0.05, 0) is 39.5 Å². The van der Waals surface area contributed by atoms with E-state index in [2.05, 4.69) is 10.6 Å². The zero-order chi connectivity index (χ0) is 20.8. The van der Waals surface area contributed by atoms with Gasteiger partial charge in [-0.25, -0.2) is 4.79 Å². The van der Waals surface area contributed by atoms with Crippen molar-refractivity contribution >= 4 is 23.9 Å². The van der Waals surface area contributed by atoms with Gasteiger partial charge in [0.05, 0.1) is 0 Å². The molecule has 0 radical (unpaired) electrons. The van der Waals surface area contributed by atoms with Gasteiger partial charge in [0.2, 0.25) is 11.8 Å². The van der Waals surface area contributed by atoms with E-state index in [9.17, 15) is 19.2 Å². The number of nitrogens with zero attached hydrogens (tertiary/aromatic N) is 1. The molecule has 0 aromatic rings. The van der Waals surface area contributed by atoms with Crippen molar-refractivity contribution in [3.63, 3.8) is 0 Å². The van der Waals surface area contributed by atoms with Crippen LogP contribution in [0.15, 0.2) is 0 Å². The summed E-state index contributed by atoms with van der Waals surface area (Å²) in [5.41, 5.74) is -0.670. The van der Waals surface area contributed by atoms with E-state index < -0.39 is 48.1 Å². The molecule has 3 unspecified atom stereocenters. The monoisotopic (exact) mass is 385 g/mol. The minimum Gasteiger partial charge on any atom is -0.480 e. The normalized spacial score (nSPS) is 19.1. The topological polar surface area (TPSA) is 125 Å². The van der Waals surface area contributed by atoms with Gasteiger partial charge in [-0.3, -0.25) is 19.3 Å². The lowest BCUT2D eigenvalue weighted by Crippen LogP contribution is -2.56. The zero-order valence-corrected chi connectivity index (χ0v) is 16.7. The Bertz CT molecular complexity index is 572. The van der Waals surface area contributed by atoms with Gasteiger partial charge in [-0.15, -0.1) is 0 Å². The highest BCUT2D eigenvalue weighted by Gasteiger charge is 2.38. The van der Waals surface area contributed by atoms with Crippen molar-refractivity contribution in [3.8, 4) is 0 Å². The summed E-state index contributed by atoms with van der Waals surface area (Å²) in [7, 11) is 0. The number of carbonyl (C=O) groups is 4. The molecule has 3 amide bonds. The lowest BCUT2D eigenvalue weighted by Gasteiger charge is -2.30. The molecule has 27 heavy (non-hydrogen) atoms. The molecule has 9 heteroatoms. The van der Waals surface area contributed by atoms with Crippen molar-refractivity contribution in [2.75, 3.05) is 13.1 Å². The molecule has 0 bridgehead atoms. The molecule has 0 saturated carbocycles. The van der Waals surface area contributed by atoms with E-state index in [1.54, 1.807) is 27.7 Å². The van der Waals surface area contributed by atoms with E-state index in [-0.39, 0.29) is 5.92 Å². The minimum atomic E-state index is -1.16. The van der Waals surface area contributed by atoms with Gasteiger partial charge < -0.3 is 20.5 Å². The van der Waals surface area contributed by atoms with Gasteiger partial charge in [0, 0.05) is 6.54 Å². The Balaban J connectivity index is 2.82. The number of carboxylic acid groups (broad SMARTS) is 1. The molecule has 1 heterocycles. The molecule has 1 saturated heterocycles. The van der Waals surface area contributed by atoms with Crippen LogP contribution >= 0.6 is 0 Å². The molecular formula is C18H31N3O6. The van der Waals surface area contributed by atoms with Crippen LogP contribution in [0.2, 0.25) is 0 Å². The fourth-order valence-electron chi connectivity index (χ4n) is 2.80. The van der Waals surface area contributed by atoms with Crippen molar-refractivity contribution < 1.29 is 29.0 Å². The predicted molar refractivity (Wildman–Crippen MR) is 98.0 cm³/mol. The Morgan fingerprint density at radius 3 is 2.41 bits per heavy atom. The van der Waals surface area contributed by atoms with E-state index in [1.807, 2.05) is 6.92 Å². The highest BCUT2D eigenvalue weighted by atomic mass is 16.6. The number of rotatable bonds is 7. The summed E-state index contributed by atoms with van der Waals surface area (Å²) in [6.07, 6.45) is 1.20. The van der Waals surface area contributed by atoms with Crippen LogP contribution in [0.3, 0.4) is 0 Å². The molecular weight excluding hydrogens is 354 g/mol. The average molecular weight is 385 g/mol. The fourth-order valence-corrected chi connectivity index (χ4v) is 2.80. The lowest BCUT2D eigenvalue weighted by atomic mass is 9.97. The van der Waals surface area contributed by atoms with E-state index >= 15 is 0 Å². The SMILES string of the molecule is CCC(C)C(NC(=O)C1CCCN1C(=O)OC(C)(C)C)C(=O)NCC(=O)O. The lowest BCUT2D eigenvalue weighted by molar-refractivity contribution is -0.138. The molecule has 9 nitrogen and oxygen atoms in total. The molecule has 154 valence electrons. The van der Waals surface area contributed by atoms with Crippen LogP contribution in [0, 0.1) is 5.92 Å². The highest BCUT2D eigenvalue weighted by molar-refractivity contribution is 5.92. The van der Waals surface area contributed by atoms with Gasteiger partial charge in [0.25, 0.3) is 0 Å². The van der Waals surface area contributed by atoms with Crippen molar-refractivity contribution in [2.24, 2.45) is 5.92 Å². The van der Waals surface area contributed by atoms with Crippen LogP contribution in [-0.2, 0) is 19.1 Å². The molecule has 1 aliphatic heterocycles. The van der Waals surface area contributed by atoms with Crippen LogP contribution in [0.5, 0.6) is 0 Å². The van der Waals surface area contributed by atoms with Crippen LogP contribution in [0.1, 0.15) is 53.9 Å². The number of amides is 3. The number of nitrogens with one attached hydrogen (secondary N) is 2. The van der Waals surface area contributed by atoms with E-state index in [0.717, 1.165) is 0 Å². The van der Waals surface area contributed by atoms with Gasteiger partial charge in [-0.2, -0.15) is 0 Å². The third kappa shape index (κ3) is 7.07. The number of ether oxygens (including phenoxy) is 1. The van der Waals surface area contributed by atoms with Crippen LogP contribution in [-0.4, -0.2) is 64.7 Å². The smallest absolute Gasteiger partial charge is 0.410 e. The third-order valence-corrected chi connectivity index (χ3v) is 4.39. The fraction of sp³-hybridized carbons (Fsp3) is 0.778. The number of hydrogen-bond acceptors (Lipinski definition) is 5. The first kappa shape index (κ1) is 22.7. The summed E-state index contributed by atoms with van der Waals surface area (Å²) in [6, 6.07) is -1.58. The molecule has 0 aliphatic carbocycles. The summed E-state index contributed by atoms with van der Waals surface area (Å²) in [5, 5.41) is 13.7. The maximum absolute atomic E-state index is 12.7. The van der Waals surface area contributed by atoms with E-state index in [0.29, 0.717) is 25.8 Å². The first-order valence-electron chi connectivity index (χ1n) is 9.25. The Kier molecular flexibility index (Phi) is 8.05. The first-order chi connectivity index (χ1) is 12.5. The number of carboxylic acids is 1. The summed E-state index contributed by atoms with van der Waals surface area (Å²) >= 11 is 0. The number of carbonyl (C=O) groups excluding carboxylic acids is 3. The van der Waals surface area contributed by atoms with Crippen molar-refractivity contribution in [3.05, 3.63) is 0 Å².